The maximum absolute atomic E-state index is 12.3. The molecule has 4 fully saturated rings. The molecule has 112 heavy (non-hydrogen) atoms. The molecule has 2 amide bonds. The van der Waals surface area contributed by atoms with E-state index in [2.05, 4.69) is 150 Å². The summed E-state index contributed by atoms with van der Waals surface area (Å²) in [5, 5.41) is 76.7. The van der Waals surface area contributed by atoms with E-state index in [-0.39, 0.29) is 63.9 Å². The van der Waals surface area contributed by atoms with Gasteiger partial charge in [0.15, 0.2) is 18.7 Å². The van der Waals surface area contributed by atoms with Gasteiger partial charge in [0, 0.05) is 57.9 Å². The lowest BCUT2D eigenvalue weighted by Crippen LogP contribution is -2.37. The number of carbonyl (C=O) groups is 2. The highest BCUT2D eigenvalue weighted by Gasteiger charge is 2.48. The molecule has 10 rings (SSSR count). The third-order valence-corrected chi connectivity index (χ3v) is 27.0. The predicted molar refractivity (Wildman–Crippen MR) is 459 cm³/mol. The highest BCUT2D eigenvalue weighted by molar-refractivity contribution is 9.09. The van der Waals surface area contributed by atoms with Gasteiger partial charge in [-0.3, -0.25) is 32.4 Å². The number of nitrogens with zero attached hydrogens (tertiary/aromatic N) is 10. The van der Waals surface area contributed by atoms with E-state index in [0.29, 0.717) is 19.3 Å². The van der Waals surface area contributed by atoms with Crippen LogP contribution in [-0.4, -0.2) is 309 Å². The number of aliphatic hydroxyl groups is 7. The van der Waals surface area contributed by atoms with Gasteiger partial charge in [-0.2, -0.15) is 24.9 Å². The van der Waals surface area contributed by atoms with Crippen molar-refractivity contribution < 1.29 is 69.0 Å². The van der Waals surface area contributed by atoms with E-state index in [4.69, 9.17) is 40.9 Å². The van der Waals surface area contributed by atoms with Crippen LogP contribution in [0.1, 0.15) is 83.8 Å². The molecule has 5 aliphatic rings. The molecule has 4 aliphatic heterocycles. The number of nitrogens with two attached hydrogens (primary N) is 3. The minimum Gasteiger partial charge on any atom is -0.390 e. The van der Waals surface area contributed by atoms with E-state index in [1.54, 1.807) is 18.3 Å². The lowest BCUT2D eigenvalue weighted by atomic mass is 10.0. The number of halogens is 1. The lowest BCUT2D eigenvalue weighted by molar-refractivity contribution is -0.115. The Hall–Kier alpha value is -6.02. The number of hydrogen-bond acceptors (Lipinski definition) is 27. The Morgan fingerprint density at radius 2 is 0.795 bits per heavy atom. The average Bonchev–Trinajstić information content (AvgIpc) is 1.64. The zero-order valence-electron chi connectivity index (χ0n) is 66.3. The molecule has 15 N–H and O–H groups in total. The molecule has 0 radical (unpaired) electrons. The number of amides is 2. The summed E-state index contributed by atoms with van der Waals surface area (Å²) >= 11 is 3.42. The molecule has 40 heteroatoms. The van der Waals surface area contributed by atoms with Crippen LogP contribution in [0.5, 0.6) is 0 Å². The molecule has 0 aromatic carbocycles. The zero-order chi connectivity index (χ0) is 84.2. The summed E-state index contributed by atoms with van der Waals surface area (Å²) < 4.78 is 35.2. The second-order valence-electron chi connectivity index (χ2n) is 32.1. The van der Waals surface area contributed by atoms with Gasteiger partial charge in [-0.05, 0) is 165 Å². The van der Waals surface area contributed by atoms with Crippen molar-refractivity contribution in [1.29, 1.82) is 0 Å². The number of rotatable bonds is 23. The first-order valence-corrected chi connectivity index (χ1v) is 52.4. The van der Waals surface area contributed by atoms with Crippen molar-refractivity contribution in [3.63, 3.8) is 0 Å². The average molecular weight is 1730 g/mol. The minimum atomic E-state index is -1.28. The Morgan fingerprint density at radius 1 is 0.464 bits per heavy atom. The van der Waals surface area contributed by atoms with Crippen LogP contribution in [-0.2, 0) is 33.3 Å². The first kappa shape index (κ1) is 94.8. The number of nitrogen functional groups attached to an aromatic ring is 3. The van der Waals surface area contributed by atoms with Crippen molar-refractivity contribution in [2.75, 3.05) is 132 Å². The molecule has 19 atom stereocenters. The van der Waals surface area contributed by atoms with E-state index in [9.17, 15) is 69.3 Å². The molecule has 34 nitrogen and oxygen atoms in total. The Balaban J connectivity index is 0.000000219. The number of aliphatic hydroxyl groups excluding tert-OH is 7. The van der Waals surface area contributed by atoms with Crippen molar-refractivity contribution >= 4 is 123 Å². The topological polar surface area (TPSA) is 498 Å². The van der Waals surface area contributed by atoms with Crippen LogP contribution in [0.4, 0.5) is 29.1 Å². The standard InChI is InChI=1S/C16H26N3O5P.C15H24N3O5P.C14H24N3O3P.C14H22N3O3P.C13H21BrN3O3P/c1-10(20)17-12-6-8-19(16(22)18-12)15-14(23-2)13(21)11(24-15)7-9-25(3,4)5;1-9(19)16-11-5-7-18(15(22)17-11)14-13(21)12(20)10(23-14)6-8-24(2,3)4;1-9-12(18)10(6-8-21(2,3)4)20-13(9)17-7-5-11(15)16-14(17)19;1-21(2,3)7-5-9-8-10(13(19)12(9)18)17-6-4-11(15)16-14(17)20;1-21(2,3)7-5-8-11(18)10(14)12(20-8)17-6-4-9(15)16-13(17)19/h6,8,11,13-15,21H,3,7,9H2,1-2,4-5H3,(H,17,18,20,22);5,7,10,12-14,20-21H,2,6,8H2,1,3-4H3,(H,16,17,19,22);5,7,9-10,12-13,18H,2,6,8H2,1,3-4H3,(H2,15,16,19);4,6,8,10,12-13,18-19H,1,5,7H2,2-3H3,(H2,15,16,20);4,6,8,10-12,18H,1,5,7H2,2-3H3,(H2,15,16,19)/t11-,13-,14-,15?;10-,12-,13-,14?;9-,10-,12+,13?;10?,12-,13+;8-,10-,11-,12?/m11111/s1. The normalized spacial score (nSPS) is 27.8. The number of anilines is 5. The van der Waals surface area contributed by atoms with Crippen LogP contribution in [0.2, 0.25) is 0 Å². The summed E-state index contributed by atoms with van der Waals surface area (Å²) in [7, 11) is 1.47. The second-order valence-corrected chi connectivity index (χ2v) is 54.7. The SMILES string of the molecule is C=P(C)(C)CCC1=CC(n2ccc(N)nc2=O)[C@H](O)[C@@H]1O.C=P(C)(C)CC[C@H]1OC(n2ccc(N)nc2=O)[C@H](Br)[C@@H]1O.C=P(C)(C)CC[C@H]1OC(n2ccc(N)nc2=O)[C@H](C)[C@@H]1O.C=P(C)(C)CC[C@H]1OC(n2ccc(NC(C)=O)nc2=O)[C@H](O)[C@@H]1O.C=P(C)(C)CC[C@H]1OC(n2ccc(NC(C)=O)nc2=O)[C@H](OC)[C@@H]1O. The Kier molecular flexibility index (Phi) is 34.1. The van der Waals surface area contributed by atoms with Crippen LogP contribution in [0.15, 0.2) is 96.9 Å². The lowest BCUT2D eigenvalue weighted by Gasteiger charge is -2.20. The van der Waals surface area contributed by atoms with E-state index in [1.807, 2.05) is 6.92 Å². The van der Waals surface area contributed by atoms with Crippen LogP contribution >= 0.6 is 50.4 Å². The van der Waals surface area contributed by atoms with Gasteiger partial charge < -0.3 is 87.3 Å². The Bertz CT molecular complexity index is 4560. The number of alkyl halides is 1. The van der Waals surface area contributed by atoms with Crippen LogP contribution < -0.4 is 56.3 Å². The molecule has 4 saturated heterocycles. The van der Waals surface area contributed by atoms with Gasteiger partial charge >= 0.3 is 28.4 Å². The maximum atomic E-state index is 12.3. The van der Waals surface area contributed by atoms with Crippen LogP contribution in [0.3, 0.4) is 0 Å². The number of aromatic nitrogens is 10. The Morgan fingerprint density at radius 3 is 1.19 bits per heavy atom. The van der Waals surface area contributed by atoms with E-state index < -0.39 is 155 Å². The maximum Gasteiger partial charge on any atom is 0.351 e. The van der Waals surface area contributed by atoms with Gasteiger partial charge in [-0.15, -0.1) is 65.9 Å². The highest BCUT2D eigenvalue weighted by atomic mass is 79.9. The van der Waals surface area contributed by atoms with Crippen molar-refractivity contribution in [3.05, 3.63) is 125 Å². The molecule has 0 saturated carbocycles. The molecule has 5 unspecified atom stereocenters. The highest BCUT2D eigenvalue weighted by Crippen LogP contribution is 2.45. The van der Waals surface area contributed by atoms with Crippen molar-refractivity contribution in [2.45, 2.75) is 162 Å². The number of ether oxygens (including phenoxy) is 5. The summed E-state index contributed by atoms with van der Waals surface area (Å²) in [5.41, 5.74) is 14.5. The number of methoxy groups -OCH3 is 1. The van der Waals surface area contributed by atoms with E-state index in [1.165, 1.54) is 88.3 Å². The predicted octanol–water partition coefficient (Wildman–Crippen LogP) is 2.39. The number of nitrogens with one attached hydrogen (secondary N) is 2. The van der Waals surface area contributed by atoms with Gasteiger partial charge in [0.1, 0.15) is 71.9 Å². The minimum absolute atomic E-state index is 0.122. The smallest absolute Gasteiger partial charge is 0.351 e. The summed E-state index contributed by atoms with van der Waals surface area (Å²) in [5.74, 6) is -0.0546. The van der Waals surface area contributed by atoms with E-state index >= 15 is 0 Å². The van der Waals surface area contributed by atoms with Crippen molar-refractivity contribution in [3.8, 4) is 0 Å². The molecule has 5 aromatic heterocycles. The first-order chi connectivity index (χ1) is 51.8. The molecular formula is C72H117BrN15O19P5. The molecule has 5 aromatic rings. The van der Waals surface area contributed by atoms with Gasteiger partial charge in [-0.25, -0.2) is 24.0 Å². The third kappa shape index (κ3) is 27.9. The molecule has 0 bridgehead atoms. The second kappa shape index (κ2) is 40.2. The summed E-state index contributed by atoms with van der Waals surface area (Å²) in [6.45, 7) is 19.7. The fourth-order valence-electron chi connectivity index (χ4n) is 12.5. The number of hydrogen-bond donors (Lipinski definition) is 12. The monoisotopic (exact) mass is 1730 g/mol. The van der Waals surface area contributed by atoms with Gasteiger partial charge in [0.2, 0.25) is 11.8 Å². The summed E-state index contributed by atoms with van der Waals surface area (Å²) in [4.78, 5) is 100. The molecule has 1 aliphatic carbocycles. The fourth-order valence-corrected chi connectivity index (χ4v) is 17.9. The molecule has 9 heterocycles. The molecule has 626 valence electrons. The van der Waals surface area contributed by atoms with Crippen molar-refractivity contribution in [2.24, 2.45) is 5.92 Å². The fraction of sp³-hybridized carbons (Fsp3) is 0.597. The van der Waals surface area contributed by atoms with Crippen LogP contribution in [0, 0.1) is 5.92 Å². The summed E-state index contributed by atoms with van der Waals surface area (Å²) in [6, 6.07) is 6.92. The zero-order valence-corrected chi connectivity index (χ0v) is 72.3. The molecular weight excluding hydrogens is 1610 g/mol. The largest absolute Gasteiger partial charge is 0.390 e. The summed E-state index contributed by atoms with van der Waals surface area (Å²) in [6.07, 6.45) is 26.2. The van der Waals surface area contributed by atoms with Gasteiger partial charge in [0.25, 0.3) is 0 Å². The number of carbonyl (C=O) groups excluding carboxylic acids is 2. The Labute approximate surface area is 661 Å². The van der Waals surface area contributed by atoms with Crippen LogP contribution in [0.25, 0.3) is 0 Å². The first-order valence-electron chi connectivity index (χ1n) is 36.2. The van der Waals surface area contributed by atoms with Crippen molar-refractivity contribution in [1.82, 2.24) is 47.8 Å². The molecule has 0 spiro atoms. The van der Waals surface area contributed by atoms with E-state index in [0.717, 1.165) is 53.8 Å². The third-order valence-electron chi connectivity index (χ3n) is 18.7. The van der Waals surface area contributed by atoms with Gasteiger partial charge in [0.05, 0.1) is 47.5 Å². The van der Waals surface area contributed by atoms with Gasteiger partial charge in [-0.1, -0.05) is 28.9 Å². The quantitative estimate of drug-likeness (QED) is 0.0254.